The third kappa shape index (κ3) is 5.48. The molecule has 1 fully saturated rings. The molecule has 194 valence electrons. The Kier molecular flexibility index (Phi) is 7.26. The highest BCUT2D eigenvalue weighted by Crippen LogP contribution is 2.40. The van der Waals surface area contributed by atoms with Crippen LogP contribution in [0.5, 0.6) is 5.75 Å². The first-order valence-electron chi connectivity index (χ1n) is 11.7. The lowest BCUT2D eigenvalue weighted by atomic mass is 9.93. The summed E-state index contributed by atoms with van der Waals surface area (Å²) in [7, 11) is 0. The average molecular weight is 510 g/mol. The molecule has 0 amide bonds. The molecule has 1 aliphatic heterocycles. The van der Waals surface area contributed by atoms with Crippen molar-refractivity contribution in [3.8, 4) is 5.75 Å². The Morgan fingerprint density at radius 1 is 1.08 bits per heavy atom. The van der Waals surface area contributed by atoms with E-state index in [1.807, 2.05) is 4.90 Å². The van der Waals surface area contributed by atoms with Gasteiger partial charge in [-0.15, -0.1) is 0 Å². The molecule has 2 heterocycles. The summed E-state index contributed by atoms with van der Waals surface area (Å²) in [6, 6.07) is 8.03. The van der Waals surface area contributed by atoms with Gasteiger partial charge < -0.3 is 20.1 Å². The summed E-state index contributed by atoms with van der Waals surface area (Å²) in [5.74, 6) is -1.01. The quantitative estimate of drug-likeness (QED) is 0.345. The average Bonchev–Trinajstić information content (AvgIpc) is 2.78. The zero-order valence-corrected chi connectivity index (χ0v) is 20.2. The number of alkyl halides is 4. The van der Waals surface area contributed by atoms with Gasteiger partial charge in [0, 0.05) is 41.5 Å². The molecule has 3 aromatic rings. The van der Waals surface area contributed by atoms with Crippen LogP contribution in [0.1, 0.15) is 56.0 Å². The first-order chi connectivity index (χ1) is 16.9. The van der Waals surface area contributed by atoms with Gasteiger partial charge in [-0.05, 0) is 45.7 Å². The van der Waals surface area contributed by atoms with Gasteiger partial charge in [-0.1, -0.05) is 18.2 Å². The van der Waals surface area contributed by atoms with E-state index in [0.717, 1.165) is 6.07 Å². The maximum atomic E-state index is 14.8. The summed E-state index contributed by atoms with van der Waals surface area (Å²) in [5, 5.41) is 14.1. The molecule has 4 rings (SSSR count). The lowest BCUT2D eigenvalue weighted by molar-refractivity contribution is -0.0496. The highest BCUT2D eigenvalue weighted by atomic mass is 19.3. The van der Waals surface area contributed by atoms with E-state index in [1.165, 1.54) is 18.2 Å². The maximum absolute atomic E-state index is 14.8. The number of piperidine rings is 1. The fraction of sp³-hybridized carbons (Fsp3) is 0.423. The molecule has 1 unspecified atom stereocenters. The second-order valence-corrected chi connectivity index (χ2v) is 9.43. The van der Waals surface area contributed by atoms with Crippen molar-refractivity contribution in [2.75, 3.05) is 23.3 Å². The number of halogens is 5. The van der Waals surface area contributed by atoms with E-state index in [0.29, 0.717) is 53.9 Å². The Hall–Kier alpha value is -3.14. The number of pyridine rings is 1. The summed E-state index contributed by atoms with van der Waals surface area (Å²) in [6.45, 7) is 2.93. The first kappa shape index (κ1) is 25.9. The maximum Gasteiger partial charge on any atom is 0.387 e. The Bertz CT molecular complexity index is 1240. The fourth-order valence-electron chi connectivity index (χ4n) is 4.54. The van der Waals surface area contributed by atoms with Crippen molar-refractivity contribution < 1.29 is 31.8 Å². The number of fused-ring (bicyclic) bond motifs is 1. The highest BCUT2D eigenvalue weighted by molar-refractivity contribution is 5.96. The van der Waals surface area contributed by atoms with Crippen LogP contribution in [0.25, 0.3) is 10.9 Å². The molecule has 0 aliphatic carbocycles. The van der Waals surface area contributed by atoms with Gasteiger partial charge in [0.05, 0.1) is 28.4 Å². The van der Waals surface area contributed by atoms with Crippen molar-refractivity contribution in [3.05, 3.63) is 59.0 Å². The summed E-state index contributed by atoms with van der Waals surface area (Å²) in [4.78, 5) is 6.32. The van der Waals surface area contributed by atoms with E-state index in [2.05, 4.69) is 10.3 Å². The molecule has 0 bridgehead atoms. The number of nitrogens with zero attached hydrogens (tertiary/aromatic N) is 2. The Morgan fingerprint density at radius 2 is 1.75 bits per heavy atom. The zero-order chi connectivity index (χ0) is 26.2. The molecular weight excluding hydrogens is 481 g/mol. The number of hydrogen-bond donors (Lipinski definition) is 2. The molecule has 0 radical (unpaired) electrons. The van der Waals surface area contributed by atoms with Crippen LogP contribution in [-0.4, -0.2) is 35.4 Å². The van der Waals surface area contributed by atoms with Crippen LogP contribution in [0, 0.1) is 12.7 Å². The molecule has 1 atom stereocenters. The number of nitrogens with one attached hydrogen (secondary N) is 1. The van der Waals surface area contributed by atoms with Crippen LogP contribution in [0.4, 0.5) is 33.3 Å². The molecule has 10 heteroatoms. The molecule has 2 N–H and O–H groups in total. The summed E-state index contributed by atoms with van der Waals surface area (Å²) >= 11 is 0. The number of hydrogen-bond acceptors (Lipinski definition) is 5. The van der Waals surface area contributed by atoms with E-state index < -0.39 is 36.1 Å². The van der Waals surface area contributed by atoms with Crippen molar-refractivity contribution in [1.29, 1.82) is 0 Å². The van der Waals surface area contributed by atoms with Crippen LogP contribution in [-0.2, 0) is 0 Å². The summed E-state index contributed by atoms with van der Waals surface area (Å²) in [5.41, 5.74) is 0.486. The Morgan fingerprint density at radius 3 is 2.39 bits per heavy atom. The van der Waals surface area contributed by atoms with Crippen molar-refractivity contribution >= 4 is 22.3 Å². The van der Waals surface area contributed by atoms with Crippen LogP contribution in [0.3, 0.4) is 0 Å². The predicted molar refractivity (Wildman–Crippen MR) is 129 cm³/mol. The summed E-state index contributed by atoms with van der Waals surface area (Å²) < 4.78 is 72.5. The third-order valence-electron chi connectivity index (χ3n) is 6.55. The lowest BCUT2D eigenvalue weighted by Crippen LogP contribution is -2.42. The van der Waals surface area contributed by atoms with Crippen LogP contribution in [0.15, 0.2) is 36.4 Å². The van der Waals surface area contributed by atoms with E-state index in [-0.39, 0.29) is 11.3 Å². The fourth-order valence-corrected chi connectivity index (χ4v) is 4.54. The zero-order valence-electron chi connectivity index (χ0n) is 20.2. The van der Waals surface area contributed by atoms with Crippen LogP contribution >= 0.6 is 0 Å². The molecule has 0 spiro atoms. The topological polar surface area (TPSA) is 57.6 Å². The predicted octanol–water partition coefficient (Wildman–Crippen LogP) is 6.75. The number of benzene rings is 2. The first-order valence-corrected chi connectivity index (χ1v) is 11.7. The molecule has 1 aromatic heterocycles. The van der Waals surface area contributed by atoms with E-state index in [9.17, 15) is 27.1 Å². The van der Waals surface area contributed by atoms with E-state index >= 15 is 0 Å². The van der Waals surface area contributed by atoms with Gasteiger partial charge in [-0.2, -0.15) is 8.78 Å². The number of ether oxygens (including phenoxy) is 1. The van der Waals surface area contributed by atoms with Gasteiger partial charge in [-0.3, -0.25) is 4.98 Å². The van der Waals surface area contributed by atoms with E-state index in [4.69, 9.17) is 4.74 Å². The third-order valence-corrected chi connectivity index (χ3v) is 6.55. The smallest absolute Gasteiger partial charge is 0.387 e. The minimum absolute atomic E-state index is 0.0354. The van der Waals surface area contributed by atoms with Gasteiger partial charge >= 0.3 is 6.61 Å². The highest BCUT2D eigenvalue weighted by Gasteiger charge is 2.30. The molecular formula is C26H28F5N3O2. The number of anilines is 2. The Labute approximate surface area is 205 Å². The minimum Gasteiger partial charge on any atom is -0.433 e. The Balaban J connectivity index is 1.76. The van der Waals surface area contributed by atoms with Crippen molar-refractivity contribution in [2.45, 2.75) is 58.3 Å². The van der Waals surface area contributed by atoms with Crippen molar-refractivity contribution in [3.63, 3.8) is 0 Å². The second kappa shape index (κ2) is 10.1. The van der Waals surface area contributed by atoms with Gasteiger partial charge in [0.25, 0.3) is 6.43 Å². The summed E-state index contributed by atoms with van der Waals surface area (Å²) in [6.07, 6.45) is -2.04. The number of rotatable bonds is 7. The molecule has 0 saturated carbocycles. The van der Waals surface area contributed by atoms with Gasteiger partial charge in [0.1, 0.15) is 5.82 Å². The van der Waals surface area contributed by atoms with Gasteiger partial charge in [-0.25, -0.2) is 13.2 Å². The molecule has 1 saturated heterocycles. The molecule has 2 aromatic carbocycles. The lowest BCUT2D eigenvalue weighted by Gasteiger charge is -2.37. The number of aromatic nitrogens is 1. The van der Waals surface area contributed by atoms with E-state index in [1.54, 1.807) is 32.9 Å². The monoisotopic (exact) mass is 509 g/mol. The number of aryl methyl sites for hydroxylation is 1. The van der Waals surface area contributed by atoms with Crippen molar-refractivity contribution in [2.24, 2.45) is 0 Å². The van der Waals surface area contributed by atoms with Crippen molar-refractivity contribution in [1.82, 2.24) is 4.98 Å². The SMILES string of the molecule is Cc1cc(NC(C)c2cccc(C(F)F)c2F)c2cc(N3CCC(C)(O)CC3)c(OC(F)F)cc2n1. The molecule has 1 aliphatic rings. The molecule has 36 heavy (non-hydrogen) atoms. The normalized spacial score (nSPS) is 16.6. The standard InChI is InChI=1S/C26H28F5N3O2/c1-14-11-19(33-15(2)16-5-4-6-17(23(16)27)24(28)29)18-12-21(34-9-7-26(3,35)8-10-34)22(36-25(30)31)13-20(18)32-14/h4-6,11-13,15,24-25,35H,7-10H2,1-3H3,(H,32,33). The largest absolute Gasteiger partial charge is 0.433 e. The van der Waals surface area contributed by atoms with Gasteiger partial charge in [0.2, 0.25) is 0 Å². The van der Waals surface area contributed by atoms with Crippen LogP contribution < -0.4 is 15.0 Å². The minimum atomic E-state index is -3.04. The molecule has 5 nitrogen and oxygen atoms in total. The number of aliphatic hydroxyl groups is 1. The van der Waals surface area contributed by atoms with Crippen LogP contribution in [0.2, 0.25) is 0 Å². The van der Waals surface area contributed by atoms with Gasteiger partial charge in [0.15, 0.2) is 5.75 Å². The second-order valence-electron chi connectivity index (χ2n) is 9.43.